The summed E-state index contributed by atoms with van der Waals surface area (Å²) in [6, 6.07) is 0. The van der Waals surface area contributed by atoms with E-state index in [4.69, 9.17) is 14.2 Å². The van der Waals surface area contributed by atoms with E-state index in [9.17, 15) is 23.2 Å². The van der Waals surface area contributed by atoms with Crippen molar-refractivity contribution in [2.45, 2.75) is 53.1 Å². The fourth-order valence-electron chi connectivity index (χ4n) is 3.28. The first kappa shape index (κ1) is 23.3. The van der Waals surface area contributed by atoms with Crippen molar-refractivity contribution in [2.75, 3.05) is 19.0 Å². The smallest absolute Gasteiger partial charge is 0.341 e. The molecule has 0 unspecified atom stereocenters. The van der Waals surface area contributed by atoms with Crippen molar-refractivity contribution in [3.8, 4) is 5.75 Å². The molecule has 7 nitrogen and oxygen atoms in total. The van der Waals surface area contributed by atoms with Crippen molar-refractivity contribution in [1.29, 1.82) is 0 Å². The number of halogens is 2. The highest BCUT2D eigenvalue weighted by Crippen LogP contribution is 2.41. The molecule has 1 aromatic carbocycles. The van der Waals surface area contributed by atoms with Crippen LogP contribution >= 0.6 is 0 Å². The summed E-state index contributed by atoms with van der Waals surface area (Å²) >= 11 is 0. The number of amides is 1. The fourth-order valence-corrected chi connectivity index (χ4v) is 3.28. The third kappa shape index (κ3) is 5.14. The molecule has 164 valence electrons. The number of hydrogen-bond acceptors (Lipinski definition) is 6. The molecule has 1 heterocycles. The number of alkyl halides is 2. The summed E-state index contributed by atoms with van der Waals surface area (Å²) in [6.07, 6.45) is -0.608. The van der Waals surface area contributed by atoms with Gasteiger partial charge in [-0.1, -0.05) is 11.6 Å². The van der Waals surface area contributed by atoms with Crippen LogP contribution < -0.4 is 10.1 Å². The molecule has 0 atom stereocenters. The van der Waals surface area contributed by atoms with Gasteiger partial charge in [0.05, 0.1) is 25.0 Å². The number of nitrogens with one attached hydrogen (secondary N) is 1. The summed E-state index contributed by atoms with van der Waals surface area (Å²) in [7, 11) is 1.42. The van der Waals surface area contributed by atoms with Gasteiger partial charge in [0.2, 0.25) is 0 Å². The van der Waals surface area contributed by atoms with E-state index in [1.165, 1.54) is 7.11 Å². The van der Waals surface area contributed by atoms with Gasteiger partial charge in [0.1, 0.15) is 12.4 Å². The second-order valence-corrected chi connectivity index (χ2v) is 6.79. The maximum absolute atomic E-state index is 12.9. The molecule has 9 heteroatoms. The molecule has 2 rings (SSSR count). The van der Waals surface area contributed by atoms with Gasteiger partial charge in [0, 0.05) is 17.5 Å². The summed E-state index contributed by atoms with van der Waals surface area (Å²) in [6.45, 7) is 5.55. The van der Waals surface area contributed by atoms with Crippen molar-refractivity contribution in [3.05, 3.63) is 33.9 Å². The molecule has 1 aromatic rings. The van der Waals surface area contributed by atoms with Gasteiger partial charge >= 0.3 is 18.4 Å². The highest BCUT2D eigenvalue weighted by Gasteiger charge is 2.33. The Balaban J connectivity index is 2.44. The number of esters is 2. The predicted octanol–water partition coefficient (Wildman–Crippen LogP) is 3.71. The molecule has 0 aromatic heterocycles. The molecule has 0 spiro atoms. The van der Waals surface area contributed by atoms with Crippen LogP contribution in [0.25, 0.3) is 0 Å². The molecule has 1 amide bonds. The van der Waals surface area contributed by atoms with E-state index < -0.39 is 18.3 Å². The molecular formula is C21H25F2NO6. The number of cyclic esters (lactones) is 1. The Kier molecular flexibility index (Phi) is 7.91. The van der Waals surface area contributed by atoms with Crippen molar-refractivity contribution in [1.82, 2.24) is 0 Å². The number of methoxy groups -OCH3 is 1. The SMILES string of the molecule is CCOC(=O)CCC(C)=CCc1c(NC(=O)C(F)F)c2c(c(C)c1OC)COC2=O. The fraction of sp³-hybridized carbons (Fsp3) is 0.476. The van der Waals surface area contributed by atoms with Crippen molar-refractivity contribution in [2.24, 2.45) is 0 Å². The van der Waals surface area contributed by atoms with Crippen molar-refractivity contribution in [3.63, 3.8) is 0 Å². The van der Waals surface area contributed by atoms with Crippen LogP contribution in [0.15, 0.2) is 11.6 Å². The highest BCUT2D eigenvalue weighted by atomic mass is 19.3. The molecule has 30 heavy (non-hydrogen) atoms. The number of ether oxygens (including phenoxy) is 3. The first-order valence-electron chi connectivity index (χ1n) is 9.50. The minimum absolute atomic E-state index is 0.0252. The number of carbonyl (C=O) groups is 3. The molecule has 0 aliphatic carbocycles. The lowest BCUT2D eigenvalue weighted by Gasteiger charge is -2.19. The second-order valence-electron chi connectivity index (χ2n) is 6.79. The molecule has 1 aliphatic rings. The van der Waals surface area contributed by atoms with Crippen LogP contribution in [0.2, 0.25) is 0 Å². The maximum Gasteiger partial charge on any atom is 0.341 e. The monoisotopic (exact) mass is 425 g/mol. The lowest BCUT2D eigenvalue weighted by Crippen LogP contribution is -2.23. The molecule has 0 fully saturated rings. The van der Waals surface area contributed by atoms with E-state index in [2.05, 4.69) is 5.32 Å². The third-order valence-corrected chi connectivity index (χ3v) is 4.81. The quantitative estimate of drug-likeness (QED) is 0.479. The van der Waals surface area contributed by atoms with Crippen LogP contribution in [0, 0.1) is 6.92 Å². The topological polar surface area (TPSA) is 90.9 Å². The van der Waals surface area contributed by atoms with Gasteiger partial charge in [-0.25, -0.2) is 4.79 Å². The highest BCUT2D eigenvalue weighted by molar-refractivity contribution is 6.06. The molecular weight excluding hydrogens is 400 g/mol. The van der Waals surface area contributed by atoms with Crippen LogP contribution in [-0.2, 0) is 32.1 Å². The number of anilines is 1. The Morgan fingerprint density at radius 3 is 2.60 bits per heavy atom. The van der Waals surface area contributed by atoms with Gasteiger partial charge in [-0.05, 0) is 39.2 Å². The van der Waals surface area contributed by atoms with Crippen LogP contribution in [-0.4, -0.2) is 38.0 Å². The lowest BCUT2D eigenvalue weighted by atomic mass is 9.93. The van der Waals surface area contributed by atoms with Crippen molar-refractivity contribution >= 4 is 23.5 Å². The molecule has 1 aliphatic heterocycles. The number of allylic oxidation sites excluding steroid dienone is 2. The molecule has 0 bridgehead atoms. The average molecular weight is 425 g/mol. The van der Waals surface area contributed by atoms with Crippen LogP contribution in [0.5, 0.6) is 5.75 Å². The summed E-state index contributed by atoms with van der Waals surface area (Å²) in [4.78, 5) is 35.5. The van der Waals surface area contributed by atoms with Gasteiger partial charge in [-0.2, -0.15) is 8.78 Å². The zero-order chi connectivity index (χ0) is 22.4. The standard InChI is InChI=1S/C21H25F2NO6/c1-5-29-15(25)9-7-11(2)6-8-13-17(24-20(26)19(22)23)16-14(10-30-21(16)27)12(3)18(13)28-4/h6,19H,5,7-10H2,1-4H3,(H,24,26). The number of carbonyl (C=O) groups excluding carboxylic acids is 3. The maximum atomic E-state index is 12.9. The number of fused-ring (bicyclic) bond motifs is 1. The zero-order valence-electron chi connectivity index (χ0n) is 17.4. The lowest BCUT2D eigenvalue weighted by molar-refractivity contribution is -0.143. The Bertz CT molecular complexity index is 879. The van der Waals surface area contributed by atoms with E-state index in [0.29, 0.717) is 35.5 Å². The minimum atomic E-state index is -3.25. The Morgan fingerprint density at radius 1 is 1.30 bits per heavy atom. The van der Waals surface area contributed by atoms with E-state index in [1.54, 1.807) is 19.9 Å². The largest absolute Gasteiger partial charge is 0.496 e. The minimum Gasteiger partial charge on any atom is -0.496 e. The Morgan fingerprint density at radius 2 is 2.00 bits per heavy atom. The van der Waals surface area contributed by atoms with E-state index in [-0.39, 0.29) is 36.7 Å². The first-order valence-corrected chi connectivity index (χ1v) is 9.50. The van der Waals surface area contributed by atoms with Crippen LogP contribution in [0.1, 0.15) is 53.7 Å². The summed E-state index contributed by atoms with van der Waals surface area (Å²) < 4.78 is 41.2. The third-order valence-electron chi connectivity index (χ3n) is 4.81. The molecule has 0 saturated heterocycles. The van der Waals surface area contributed by atoms with Gasteiger partial charge in [-0.15, -0.1) is 0 Å². The Labute approximate surface area is 173 Å². The number of hydrogen-bond donors (Lipinski definition) is 1. The van der Waals surface area contributed by atoms with E-state index in [0.717, 1.165) is 5.57 Å². The molecule has 1 N–H and O–H groups in total. The average Bonchev–Trinajstić information content (AvgIpc) is 3.09. The molecule has 0 radical (unpaired) electrons. The predicted molar refractivity (Wildman–Crippen MR) is 105 cm³/mol. The number of benzene rings is 1. The van der Waals surface area contributed by atoms with Gasteiger partial charge in [0.25, 0.3) is 5.91 Å². The molecule has 0 saturated carbocycles. The van der Waals surface area contributed by atoms with Crippen LogP contribution in [0.4, 0.5) is 14.5 Å². The van der Waals surface area contributed by atoms with Crippen molar-refractivity contribution < 1.29 is 37.4 Å². The van der Waals surface area contributed by atoms with Gasteiger partial charge in [0.15, 0.2) is 0 Å². The Hall–Kier alpha value is -2.97. The second kappa shape index (κ2) is 10.2. The van der Waals surface area contributed by atoms with E-state index >= 15 is 0 Å². The first-order chi connectivity index (χ1) is 14.2. The summed E-state index contributed by atoms with van der Waals surface area (Å²) in [5, 5.41) is 2.16. The van der Waals surface area contributed by atoms with E-state index in [1.807, 2.05) is 6.92 Å². The summed E-state index contributed by atoms with van der Waals surface area (Å²) in [5.74, 6) is -2.15. The normalized spacial score (nSPS) is 13.2. The van der Waals surface area contributed by atoms with Crippen LogP contribution in [0.3, 0.4) is 0 Å². The number of rotatable bonds is 9. The zero-order valence-corrected chi connectivity index (χ0v) is 17.4. The summed E-state index contributed by atoms with van der Waals surface area (Å²) in [5.41, 5.74) is 2.41. The van der Waals surface area contributed by atoms with Gasteiger partial charge < -0.3 is 19.5 Å². The van der Waals surface area contributed by atoms with Gasteiger partial charge in [-0.3, -0.25) is 9.59 Å².